The van der Waals surface area contributed by atoms with Crippen LogP contribution in [0.4, 0.5) is 5.95 Å². The fraction of sp³-hybridized carbons (Fsp3) is 0.421. The molecule has 2 aromatic rings. The summed E-state index contributed by atoms with van der Waals surface area (Å²) >= 11 is 0. The maximum Gasteiger partial charge on any atom is 0.226 e. The van der Waals surface area contributed by atoms with Crippen LogP contribution in [0.25, 0.3) is 0 Å². The molecule has 2 aliphatic rings. The second kappa shape index (κ2) is 5.44. The SMILES string of the molecule is COc1ccc([C@H]2[C@@H]3C(=O)CC(C)(C)C=C3Nc3nc(C)nn32)cc1. The van der Waals surface area contributed by atoms with Crippen molar-refractivity contribution in [2.45, 2.75) is 33.2 Å². The first-order chi connectivity index (χ1) is 11.9. The Morgan fingerprint density at radius 3 is 2.68 bits per heavy atom. The Morgan fingerprint density at radius 2 is 2.00 bits per heavy atom. The van der Waals surface area contributed by atoms with Crippen molar-refractivity contribution in [1.29, 1.82) is 0 Å². The van der Waals surface area contributed by atoms with Crippen LogP contribution in [-0.2, 0) is 4.79 Å². The van der Waals surface area contributed by atoms with Crippen LogP contribution in [0, 0.1) is 18.3 Å². The average molecular weight is 338 g/mol. The quantitative estimate of drug-likeness (QED) is 0.911. The molecule has 0 bridgehead atoms. The molecule has 2 heterocycles. The van der Waals surface area contributed by atoms with Crippen molar-refractivity contribution in [1.82, 2.24) is 14.8 Å². The van der Waals surface area contributed by atoms with Gasteiger partial charge in [-0.05, 0) is 30.0 Å². The molecule has 1 aliphatic carbocycles. The van der Waals surface area contributed by atoms with Crippen LogP contribution in [-0.4, -0.2) is 27.7 Å². The number of nitrogens with zero attached hydrogens (tertiary/aromatic N) is 3. The summed E-state index contributed by atoms with van der Waals surface area (Å²) in [5.41, 5.74) is 1.80. The van der Waals surface area contributed by atoms with Crippen LogP contribution >= 0.6 is 0 Å². The molecule has 4 rings (SSSR count). The van der Waals surface area contributed by atoms with E-state index >= 15 is 0 Å². The van der Waals surface area contributed by atoms with Gasteiger partial charge in [0.05, 0.1) is 19.1 Å². The molecule has 25 heavy (non-hydrogen) atoms. The summed E-state index contributed by atoms with van der Waals surface area (Å²) in [6.45, 7) is 6.04. The molecule has 0 amide bonds. The van der Waals surface area contributed by atoms with E-state index in [9.17, 15) is 4.79 Å². The Bertz CT molecular complexity index is 864. The van der Waals surface area contributed by atoms with Crippen molar-refractivity contribution in [2.75, 3.05) is 12.4 Å². The number of anilines is 1. The van der Waals surface area contributed by atoms with E-state index in [1.54, 1.807) is 7.11 Å². The molecule has 0 fully saturated rings. The first-order valence-electron chi connectivity index (χ1n) is 8.47. The highest BCUT2D eigenvalue weighted by Gasteiger charge is 2.44. The molecule has 6 nitrogen and oxygen atoms in total. The summed E-state index contributed by atoms with van der Waals surface area (Å²) in [5.74, 6) is 2.13. The molecule has 0 saturated heterocycles. The summed E-state index contributed by atoms with van der Waals surface area (Å²) in [4.78, 5) is 17.5. The molecule has 6 heteroatoms. The maximum atomic E-state index is 13.0. The van der Waals surface area contributed by atoms with Crippen molar-refractivity contribution >= 4 is 11.7 Å². The Morgan fingerprint density at radius 1 is 1.28 bits per heavy atom. The number of aryl methyl sites for hydroxylation is 1. The molecule has 1 aromatic heterocycles. The van der Waals surface area contributed by atoms with Gasteiger partial charge < -0.3 is 10.1 Å². The Hall–Kier alpha value is -2.63. The number of carbonyl (C=O) groups is 1. The van der Waals surface area contributed by atoms with Crippen molar-refractivity contribution < 1.29 is 9.53 Å². The largest absolute Gasteiger partial charge is 0.497 e. The topological polar surface area (TPSA) is 69.0 Å². The normalized spacial score (nSPS) is 24.0. The summed E-state index contributed by atoms with van der Waals surface area (Å²) in [5, 5.41) is 7.88. The number of hydrogen-bond acceptors (Lipinski definition) is 5. The number of ether oxygens (including phenoxy) is 1. The highest BCUT2D eigenvalue weighted by atomic mass is 16.5. The number of aromatic nitrogens is 3. The van der Waals surface area contributed by atoms with E-state index in [0.29, 0.717) is 18.2 Å². The second-order valence-electron chi connectivity index (χ2n) is 7.48. The molecule has 130 valence electrons. The number of methoxy groups -OCH3 is 1. The van der Waals surface area contributed by atoms with Gasteiger partial charge in [0.1, 0.15) is 17.4 Å². The zero-order valence-electron chi connectivity index (χ0n) is 14.9. The number of Topliss-reactive ketones (excluding diaryl/α,β-unsaturated/α-hetero) is 1. The highest BCUT2D eigenvalue weighted by molar-refractivity contribution is 5.88. The van der Waals surface area contributed by atoms with Gasteiger partial charge in [-0.1, -0.05) is 32.1 Å². The predicted molar refractivity (Wildman–Crippen MR) is 94.5 cm³/mol. The third-order valence-corrected chi connectivity index (χ3v) is 4.89. The number of hydrogen-bond donors (Lipinski definition) is 1. The zero-order chi connectivity index (χ0) is 17.8. The average Bonchev–Trinajstić information content (AvgIpc) is 2.91. The van der Waals surface area contributed by atoms with Gasteiger partial charge in [-0.15, -0.1) is 0 Å². The summed E-state index contributed by atoms with van der Waals surface area (Å²) in [7, 11) is 1.64. The number of ketones is 1. The van der Waals surface area contributed by atoms with Crippen LogP contribution in [0.1, 0.15) is 37.7 Å². The van der Waals surface area contributed by atoms with Gasteiger partial charge in [-0.3, -0.25) is 4.79 Å². The third-order valence-electron chi connectivity index (χ3n) is 4.89. The molecule has 1 N–H and O–H groups in total. The van der Waals surface area contributed by atoms with Crippen LogP contribution in [0.3, 0.4) is 0 Å². The fourth-order valence-electron chi connectivity index (χ4n) is 3.87. The third kappa shape index (κ3) is 2.62. The number of fused-ring (bicyclic) bond motifs is 2. The lowest BCUT2D eigenvalue weighted by molar-refractivity contribution is -0.125. The molecule has 0 radical (unpaired) electrons. The van der Waals surface area contributed by atoms with Gasteiger partial charge in [0, 0.05) is 12.1 Å². The monoisotopic (exact) mass is 338 g/mol. The number of nitrogens with one attached hydrogen (secondary N) is 1. The smallest absolute Gasteiger partial charge is 0.226 e. The first-order valence-corrected chi connectivity index (χ1v) is 8.47. The van der Waals surface area contributed by atoms with Crippen molar-refractivity contribution in [2.24, 2.45) is 11.3 Å². The molecule has 2 atom stereocenters. The van der Waals surface area contributed by atoms with Gasteiger partial charge in [0.2, 0.25) is 5.95 Å². The minimum Gasteiger partial charge on any atom is -0.497 e. The van der Waals surface area contributed by atoms with E-state index in [0.717, 1.165) is 17.0 Å². The molecule has 1 aliphatic heterocycles. The standard InChI is InChI=1S/C19H22N4O2/c1-11-20-18-21-14-9-19(2,3)10-15(24)16(14)17(23(18)22-11)12-5-7-13(25-4)8-6-12/h5-9,16-17H,10H2,1-4H3,(H,20,21,22)/t16-,17-/m0/s1. The van der Waals surface area contributed by atoms with E-state index in [1.165, 1.54) is 0 Å². The lowest BCUT2D eigenvalue weighted by Crippen LogP contribution is -2.42. The van der Waals surface area contributed by atoms with Crippen molar-refractivity contribution in [3.63, 3.8) is 0 Å². The predicted octanol–water partition coefficient (Wildman–Crippen LogP) is 3.11. The van der Waals surface area contributed by atoms with E-state index in [-0.39, 0.29) is 23.2 Å². The van der Waals surface area contributed by atoms with Crippen LogP contribution < -0.4 is 10.1 Å². The fourth-order valence-corrected chi connectivity index (χ4v) is 3.87. The summed E-state index contributed by atoms with van der Waals surface area (Å²) in [6.07, 6.45) is 2.70. The Kier molecular flexibility index (Phi) is 3.45. The maximum absolute atomic E-state index is 13.0. The van der Waals surface area contributed by atoms with E-state index in [2.05, 4.69) is 35.3 Å². The van der Waals surface area contributed by atoms with Crippen LogP contribution in [0.15, 0.2) is 36.0 Å². The van der Waals surface area contributed by atoms with Gasteiger partial charge >= 0.3 is 0 Å². The molecule has 0 saturated carbocycles. The van der Waals surface area contributed by atoms with Gasteiger partial charge in [0.25, 0.3) is 0 Å². The number of benzene rings is 1. The Balaban J connectivity index is 1.88. The number of allylic oxidation sites excluding steroid dienone is 2. The molecular formula is C19H22N4O2. The zero-order valence-corrected chi connectivity index (χ0v) is 14.9. The van der Waals surface area contributed by atoms with Crippen LogP contribution in [0.5, 0.6) is 5.75 Å². The summed E-state index contributed by atoms with van der Waals surface area (Å²) in [6, 6.07) is 7.64. The minimum absolute atomic E-state index is 0.155. The van der Waals surface area contributed by atoms with Crippen molar-refractivity contribution in [3.05, 3.63) is 47.4 Å². The Labute approximate surface area is 146 Å². The van der Waals surface area contributed by atoms with E-state index < -0.39 is 0 Å². The van der Waals surface area contributed by atoms with E-state index in [4.69, 9.17) is 4.74 Å². The summed E-state index contributed by atoms with van der Waals surface area (Å²) < 4.78 is 7.10. The molecular weight excluding hydrogens is 316 g/mol. The van der Waals surface area contributed by atoms with Crippen LogP contribution in [0.2, 0.25) is 0 Å². The molecule has 0 spiro atoms. The van der Waals surface area contributed by atoms with Gasteiger partial charge in [-0.25, -0.2) is 4.68 Å². The second-order valence-corrected chi connectivity index (χ2v) is 7.48. The minimum atomic E-state index is -0.269. The highest BCUT2D eigenvalue weighted by Crippen LogP contribution is 2.45. The lowest BCUT2D eigenvalue weighted by Gasteiger charge is -2.40. The van der Waals surface area contributed by atoms with Gasteiger partial charge in [-0.2, -0.15) is 10.1 Å². The molecule has 1 aromatic carbocycles. The van der Waals surface area contributed by atoms with E-state index in [1.807, 2.05) is 35.9 Å². The number of carbonyl (C=O) groups excluding carboxylic acids is 1. The number of rotatable bonds is 2. The lowest BCUT2D eigenvalue weighted by atomic mass is 9.72. The van der Waals surface area contributed by atoms with Crippen molar-refractivity contribution in [3.8, 4) is 5.75 Å². The van der Waals surface area contributed by atoms with Gasteiger partial charge in [0.15, 0.2) is 0 Å². The first kappa shape index (κ1) is 15.9. The molecule has 0 unspecified atom stereocenters.